The number of β-amino-alcohol motifs (C(OH)–C–C–N with tert-alkyl or cyclic N) is 1. The summed E-state index contributed by atoms with van der Waals surface area (Å²) in [5.41, 5.74) is 4.71. The number of aliphatic carboxylic acids is 1. The van der Waals surface area contributed by atoms with Gasteiger partial charge in [-0.05, 0) is 46.9 Å². The lowest BCUT2D eigenvalue weighted by atomic mass is 9.73. The zero-order valence-corrected chi connectivity index (χ0v) is 19.4. The standard InChI is InChI=1S/C27H30N2O6/c30-18-12-24(26(32)33)29(14-18)25(31)11-16-9-17(10-16)13-28-27(34)35-15-23-21-7-3-1-5-19(21)20-6-2-4-8-22(20)23/h1-8,16-18,23-24,30H,9-15H2,(H,28,34)(H,32,33)/t16?,17?,18-,24-/m1/s1. The van der Waals surface area contributed by atoms with Crippen molar-refractivity contribution in [1.82, 2.24) is 10.2 Å². The Morgan fingerprint density at radius 3 is 2.20 bits per heavy atom. The molecule has 3 N–H and O–H groups in total. The van der Waals surface area contributed by atoms with Gasteiger partial charge >= 0.3 is 12.1 Å². The van der Waals surface area contributed by atoms with Gasteiger partial charge in [0.1, 0.15) is 12.6 Å². The average molecular weight is 479 g/mol. The highest BCUT2D eigenvalue weighted by atomic mass is 16.5. The molecule has 8 heteroatoms. The van der Waals surface area contributed by atoms with Crippen LogP contribution in [0, 0.1) is 11.8 Å². The normalized spacial score (nSPS) is 24.9. The van der Waals surface area contributed by atoms with E-state index in [1.54, 1.807) is 0 Å². The minimum absolute atomic E-state index is 0.0194. The highest BCUT2D eigenvalue weighted by Crippen LogP contribution is 2.44. The maximum atomic E-state index is 12.5. The fourth-order valence-electron chi connectivity index (χ4n) is 5.77. The van der Waals surface area contributed by atoms with Crippen molar-refractivity contribution in [1.29, 1.82) is 0 Å². The number of carboxylic acid groups (broad SMARTS) is 1. The fourth-order valence-corrected chi connectivity index (χ4v) is 5.77. The van der Waals surface area contributed by atoms with Gasteiger partial charge in [-0.15, -0.1) is 0 Å². The van der Waals surface area contributed by atoms with Crippen molar-refractivity contribution in [3.63, 3.8) is 0 Å². The maximum Gasteiger partial charge on any atom is 0.407 e. The molecular formula is C27H30N2O6. The summed E-state index contributed by atoms with van der Waals surface area (Å²) < 4.78 is 5.57. The number of nitrogens with zero attached hydrogens (tertiary/aromatic N) is 1. The number of hydrogen-bond acceptors (Lipinski definition) is 5. The molecule has 3 aliphatic rings. The maximum absolute atomic E-state index is 12.5. The third-order valence-electron chi connectivity index (χ3n) is 7.56. The molecule has 1 heterocycles. The number of nitrogens with one attached hydrogen (secondary N) is 1. The van der Waals surface area contributed by atoms with Crippen LogP contribution in [0.1, 0.15) is 42.7 Å². The SMILES string of the molecule is O=C(NCC1CC(CC(=O)N2C[C@H](O)C[C@@H]2C(=O)O)C1)OCC1c2ccccc2-c2ccccc21. The van der Waals surface area contributed by atoms with E-state index in [2.05, 4.69) is 29.6 Å². The molecule has 0 spiro atoms. The van der Waals surface area contributed by atoms with Crippen LogP contribution in [0.15, 0.2) is 48.5 Å². The van der Waals surface area contributed by atoms with Crippen LogP contribution in [0.2, 0.25) is 0 Å². The van der Waals surface area contributed by atoms with Crippen LogP contribution in [0.5, 0.6) is 0 Å². The number of aliphatic hydroxyl groups is 1. The first-order valence-corrected chi connectivity index (χ1v) is 12.2. The first-order chi connectivity index (χ1) is 16.9. The van der Waals surface area contributed by atoms with Gasteiger partial charge in [-0.1, -0.05) is 48.5 Å². The summed E-state index contributed by atoms with van der Waals surface area (Å²) >= 11 is 0. The lowest BCUT2D eigenvalue weighted by Gasteiger charge is -2.36. The van der Waals surface area contributed by atoms with Crippen molar-refractivity contribution in [2.45, 2.75) is 43.7 Å². The Morgan fingerprint density at radius 1 is 0.943 bits per heavy atom. The van der Waals surface area contributed by atoms with E-state index in [1.807, 2.05) is 24.3 Å². The molecule has 0 bridgehead atoms. The van der Waals surface area contributed by atoms with Crippen molar-refractivity contribution in [2.24, 2.45) is 11.8 Å². The summed E-state index contributed by atoms with van der Waals surface area (Å²) in [6, 6.07) is 15.5. The van der Waals surface area contributed by atoms with E-state index in [9.17, 15) is 24.6 Å². The highest BCUT2D eigenvalue weighted by molar-refractivity contribution is 5.84. The molecule has 0 aromatic heterocycles. The lowest BCUT2D eigenvalue weighted by molar-refractivity contribution is -0.149. The molecule has 2 aromatic rings. The predicted molar refractivity (Wildman–Crippen MR) is 128 cm³/mol. The van der Waals surface area contributed by atoms with Gasteiger partial charge in [-0.25, -0.2) is 9.59 Å². The first kappa shape index (κ1) is 23.4. The molecule has 184 valence electrons. The number of rotatable bonds is 7. The summed E-state index contributed by atoms with van der Waals surface area (Å²) in [7, 11) is 0. The number of carboxylic acids is 1. The number of hydrogen-bond donors (Lipinski definition) is 3. The Balaban J connectivity index is 1.05. The Kier molecular flexibility index (Phi) is 6.47. The number of likely N-dealkylation sites (tertiary alicyclic amines) is 1. The summed E-state index contributed by atoms with van der Waals surface area (Å²) in [6.07, 6.45) is 0.723. The third-order valence-corrected chi connectivity index (χ3v) is 7.56. The number of alkyl carbamates (subject to hydrolysis) is 1. The van der Waals surface area contributed by atoms with E-state index in [0.29, 0.717) is 6.54 Å². The van der Waals surface area contributed by atoms with Gasteiger partial charge in [0.05, 0.1) is 6.10 Å². The molecule has 0 radical (unpaired) electrons. The summed E-state index contributed by atoms with van der Waals surface area (Å²) in [6.45, 7) is 0.838. The van der Waals surface area contributed by atoms with E-state index in [1.165, 1.54) is 27.2 Å². The number of carbonyl (C=O) groups excluding carboxylic acids is 2. The molecule has 1 saturated heterocycles. The van der Waals surface area contributed by atoms with Crippen LogP contribution in [-0.2, 0) is 14.3 Å². The molecule has 2 amide bonds. The summed E-state index contributed by atoms with van der Waals surface area (Å²) in [5, 5.41) is 21.9. The molecule has 2 atom stereocenters. The van der Waals surface area contributed by atoms with Gasteiger partial charge in [0.25, 0.3) is 0 Å². The van der Waals surface area contributed by atoms with Crippen LogP contribution in [0.4, 0.5) is 4.79 Å². The van der Waals surface area contributed by atoms with Crippen molar-refractivity contribution < 1.29 is 29.3 Å². The Hall–Kier alpha value is -3.39. The first-order valence-electron chi connectivity index (χ1n) is 12.2. The van der Waals surface area contributed by atoms with Crippen LogP contribution < -0.4 is 5.32 Å². The molecule has 35 heavy (non-hydrogen) atoms. The second-order valence-electron chi connectivity index (χ2n) is 9.90. The van der Waals surface area contributed by atoms with E-state index in [0.717, 1.165) is 12.8 Å². The highest BCUT2D eigenvalue weighted by Gasteiger charge is 2.41. The van der Waals surface area contributed by atoms with Gasteiger partial charge in [-0.2, -0.15) is 0 Å². The molecular weight excluding hydrogens is 448 g/mol. The molecule has 2 aromatic carbocycles. The number of amides is 2. The van der Waals surface area contributed by atoms with Gasteiger partial charge in [-0.3, -0.25) is 4.79 Å². The summed E-state index contributed by atoms with van der Waals surface area (Å²) in [4.78, 5) is 37.5. The monoisotopic (exact) mass is 478 g/mol. The van der Waals surface area contributed by atoms with Crippen LogP contribution in [0.25, 0.3) is 11.1 Å². The van der Waals surface area contributed by atoms with Crippen LogP contribution >= 0.6 is 0 Å². The lowest BCUT2D eigenvalue weighted by Crippen LogP contribution is -2.43. The number of benzene rings is 2. The van der Waals surface area contributed by atoms with Gasteiger partial charge in [0.2, 0.25) is 5.91 Å². The van der Waals surface area contributed by atoms with Gasteiger partial charge in [0, 0.05) is 31.8 Å². The molecule has 2 fully saturated rings. The van der Waals surface area contributed by atoms with Crippen molar-refractivity contribution >= 4 is 18.0 Å². The van der Waals surface area contributed by atoms with E-state index < -0.39 is 24.2 Å². The van der Waals surface area contributed by atoms with E-state index >= 15 is 0 Å². The second kappa shape index (κ2) is 9.70. The molecule has 1 saturated carbocycles. The minimum atomic E-state index is -1.08. The van der Waals surface area contributed by atoms with Crippen molar-refractivity contribution in [2.75, 3.05) is 19.7 Å². The number of carbonyl (C=O) groups is 3. The molecule has 0 unspecified atom stereocenters. The van der Waals surface area contributed by atoms with Gasteiger partial charge in [0.15, 0.2) is 0 Å². The predicted octanol–water partition coefficient (Wildman–Crippen LogP) is 2.99. The third kappa shape index (κ3) is 4.75. The number of aliphatic hydroxyl groups excluding tert-OH is 1. The Labute approximate surface area is 203 Å². The zero-order valence-electron chi connectivity index (χ0n) is 19.4. The number of ether oxygens (including phenoxy) is 1. The zero-order chi connectivity index (χ0) is 24.5. The molecule has 8 nitrogen and oxygen atoms in total. The van der Waals surface area contributed by atoms with Crippen molar-refractivity contribution in [3.05, 3.63) is 59.7 Å². The topological polar surface area (TPSA) is 116 Å². The van der Waals surface area contributed by atoms with E-state index in [-0.39, 0.29) is 49.7 Å². The molecule has 2 aliphatic carbocycles. The average Bonchev–Trinajstić information content (AvgIpc) is 3.37. The number of fused-ring (bicyclic) bond motifs is 3. The van der Waals surface area contributed by atoms with Gasteiger partial charge < -0.3 is 25.2 Å². The van der Waals surface area contributed by atoms with E-state index in [4.69, 9.17) is 4.74 Å². The fraction of sp³-hybridized carbons (Fsp3) is 0.444. The summed E-state index contributed by atoms with van der Waals surface area (Å²) in [5.74, 6) is -0.835. The Morgan fingerprint density at radius 2 is 1.57 bits per heavy atom. The van der Waals surface area contributed by atoms with Crippen LogP contribution in [0.3, 0.4) is 0 Å². The second-order valence-corrected chi connectivity index (χ2v) is 9.90. The Bertz CT molecular complexity index is 1080. The smallest absolute Gasteiger partial charge is 0.407 e. The largest absolute Gasteiger partial charge is 0.480 e. The minimum Gasteiger partial charge on any atom is -0.480 e. The molecule has 5 rings (SSSR count). The molecule has 1 aliphatic heterocycles. The van der Waals surface area contributed by atoms with Crippen molar-refractivity contribution in [3.8, 4) is 11.1 Å². The quantitative estimate of drug-likeness (QED) is 0.563. The van der Waals surface area contributed by atoms with Crippen LogP contribution in [-0.4, -0.2) is 64.9 Å².